The maximum absolute atomic E-state index is 12.8. The molecule has 0 saturated carbocycles. The molecule has 5 nitrogen and oxygen atoms in total. The number of ether oxygens (including phenoxy) is 3. The van der Waals surface area contributed by atoms with Gasteiger partial charge in [0.05, 0.1) is 19.1 Å². The fraction of sp³-hybridized carbons (Fsp3) is 0.190. The third kappa shape index (κ3) is 3.13. The quantitative estimate of drug-likeness (QED) is 0.699. The molecule has 0 aliphatic carbocycles. The molecule has 1 aromatic heterocycles. The van der Waals surface area contributed by atoms with Crippen molar-refractivity contribution in [2.75, 3.05) is 19.5 Å². The minimum Gasteiger partial charge on any atom is -0.493 e. The number of carbonyl (C=O) groups is 1. The molecule has 2 aromatic carbocycles. The highest BCUT2D eigenvalue weighted by Crippen LogP contribution is 2.42. The fourth-order valence-electron chi connectivity index (χ4n) is 3.11. The maximum Gasteiger partial charge on any atom is 0.265 e. The lowest BCUT2D eigenvalue weighted by Crippen LogP contribution is -2.11. The normalized spacial score (nSPS) is 11.8. The van der Waals surface area contributed by atoms with Crippen molar-refractivity contribution in [2.24, 2.45) is 0 Å². The summed E-state index contributed by atoms with van der Waals surface area (Å²) in [6.45, 7) is 2.40. The number of aryl methyl sites for hydroxylation is 1. The summed E-state index contributed by atoms with van der Waals surface area (Å²) in [6, 6.07) is 13.4. The number of benzene rings is 2. The number of anilines is 1. The van der Waals surface area contributed by atoms with Gasteiger partial charge in [0.15, 0.2) is 11.5 Å². The van der Waals surface area contributed by atoms with Gasteiger partial charge in [-0.15, -0.1) is 11.3 Å². The Balaban J connectivity index is 1.63. The van der Waals surface area contributed by atoms with E-state index in [2.05, 4.69) is 5.32 Å². The van der Waals surface area contributed by atoms with Gasteiger partial charge in [-0.2, -0.15) is 0 Å². The summed E-state index contributed by atoms with van der Waals surface area (Å²) in [6.07, 6.45) is 0. The van der Waals surface area contributed by atoms with Crippen LogP contribution >= 0.6 is 11.3 Å². The van der Waals surface area contributed by atoms with Gasteiger partial charge in [-0.05, 0) is 36.8 Å². The van der Waals surface area contributed by atoms with E-state index in [1.54, 1.807) is 20.3 Å². The molecule has 0 unspecified atom stereocenters. The van der Waals surface area contributed by atoms with Gasteiger partial charge in [-0.1, -0.05) is 12.1 Å². The molecule has 0 atom stereocenters. The molecule has 1 aliphatic heterocycles. The Morgan fingerprint density at radius 2 is 1.85 bits per heavy atom. The molecule has 138 valence electrons. The molecule has 0 bridgehead atoms. The van der Waals surface area contributed by atoms with Crippen LogP contribution in [0.4, 0.5) is 5.69 Å². The Morgan fingerprint density at radius 1 is 1.11 bits per heavy atom. The van der Waals surface area contributed by atoms with Crippen molar-refractivity contribution in [3.63, 3.8) is 0 Å². The molecule has 6 heteroatoms. The van der Waals surface area contributed by atoms with E-state index in [0.29, 0.717) is 28.7 Å². The van der Waals surface area contributed by atoms with E-state index in [1.165, 1.54) is 11.3 Å². The molecule has 0 radical (unpaired) electrons. The van der Waals surface area contributed by atoms with E-state index in [-0.39, 0.29) is 5.91 Å². The van der Waals surface area contributed by atoms with Crippen molar-refractivity contribution in [1.29, 1.82) is 0 Å². The number of nitrogens with one attached hydrogen (secondary N) is 1. The number of methoxy groups -OCH3 is 2. The SMILES string of the molecule is COc1cc(C)c(NC(=O)c2cc3c(s2)-c2ccccc2OC3)cc1OC. The van der Waals surface area contributed by atoms with Crippen LogP contribution in [-0.2, 0) is 6.61 Å². The molecular formula is C21H19NO4S. The van der Waals surface area contributed by atoms with E-state index < -0.39 is 0 Å². The molecule has 0 spiro atoms. The highest BCUT2D eigenvalue weighted by Gasteiger charge is 2.23. The Morgan fingerprint density at radius 3 is 2.63 bits per heavy atom. The molecule has 0 saturated heterocycles. The van der Waals surface area contributed by atoms with Gasteiger partial charge < -0.3 is 19.5 Å². The second kappa shape index (κ2) is 6.96. The van der Waals surface area contributed by atoms with Gasteiger partial charge in [0.1, 0.15) is 12.4 Å². The number of hydrogen-bond acceptors (Lipinski definition) is 5. The van der Waals surface area contributed by atoms with E-state index >= 15 is 0 Å². The molecule has 1 N–H and O–H groups in total. The highest BCUT2D eigenvalue weighted by atomic mass is 32.1. The number of fused-ring (bicyclic) bond motifs is 3. The summed E-state index contributed by atoms with van der Waals surface area (Å²) in [7, 11) is 3.16. The zero-order chi connectivity index (χ0) is 19.0. The van der Waals surface area contributed by atoms with Crippen molar-refractivity contribution in [3.05, 3.63) is 58.5 Å². The molecule has 0 fully saturated rings. The third-order valence-electron chi connectivity index (χ3n) is 4.53. The topological polar surface area (TPSA) is 56.8 Å². The highest BCUT2D eigenvalue weighted by molar-refractivity contribution is 7.17. The van der Waals surface area contributed by atoms with Gasteiger partial charge >= 0.3 is 0 Å². The average Bonchev–Trinajstić information content (AvgIpc) is 3.14. The van der Waals surface area contributed by atoms with Gasteiger partial charge in [0.2, 0.25) is 0 Å². The second-order valence-corrected chi connectivity index (χ2v) is 7.28. The van der Waals surface area contributed by atoms with Gasteiger partial charge in [-0.25, -0.2) is 0 Å². The molecule has 1 amide bonds. The van der Waals surface area contributed by atoms with Crippen molar-refractivity contribution in [2.45, 2.75) is 13.5 Å². The largest absolute Gasteiger partial charge is 0.493 e. The van der Waals surface area contributed by atoms with Gasteiger partial charge in [0, 0.05) is 27.8 Å². The van der Waals surface area contributed by atoms with Crippen molar-refractivity contribution >= 4 is 22.9 Å². The van der Waals surface area contributed by atoms with Crippen LogP contribution in [0.25, 0.3) is 10.4 Å². The molecule has 4 rings (SSSR count). The second-order valence-electron chi connectivity index (χ2n) is 6.23. The van der Waals surface area contributed by atoms with Crippen LogP contribution in [0.1, 0.15) is 20.8 Å². The monoisotopic (exact) mass is 381 g/mol. The summed E-state index contributed by atoms with van der Waals surface area (Å²) in [5.41, 5.74) is 3.66. The van der Waals surface area contributed by atoms with E-state index in [9.17, 15) is 4.79 Å². The summed E-state index contributed by atoms with van der Waals surface area (Å²) < 4.78 is 16.4. The minimum atomic E-state index is -0.151. The fourth-order valence-corrected chi connectivity index (χ4v) is 4.20. The number of para-hydroxylation sites is 1. The lowest BCUT2D eigenvalue weighted by atomic mass is 10.1. The predicted molar refractivity (Wildman–Crippen MR) is 106 cm³/mol. The average molecular weight is 381 g/mol. The first-order valence-corrected chi connectivity index (χ1v) is 9.31. The standard InChI is InChI=1S/C21H19NO4S/c1-12-8-17(24-2)18(25-3)10-15(12)22-21(23)19-9-13-11-26-16-7-5-4-6-14(16)20(13)27-19/h4-10H,11H2,1-3H3,(H,22,23). The zero-order valence-electron chi connectivity index (χ0n) is 15.3. The number of rotatable bonds is 4. The number of carbonyl (C=O) groups excluding carboxylic acids is 1. The molecule has 2 heterocycles. The van der Waals surface area contributed by atoms with E-state index in [1.807, 2.05) is 43.3 Å². The summed E-state index contributed by atoms with van der Waals surface area (Å²) in [4.78, 5) is 14.6. The third-order valence-corrected chi connectivity index (χ3v) is 5.74. The molecule has 1 aliphatic rings. The number of hydrogen-bond donors (Lipinski definition) is 1. The van der Waals surface area contributed by atoms with Crippen LogP contribution in [0.15, 0.2) is 42.5 Å². The molecule has 27 heavy (non-hydrogen) atoms. The Hall–Kier alpha value is -2.99. The summed E-state index contributed by atoms with van der Waals surface area (Å²) in [5.74, 6) is 1.91. The van der Waals surface area contributed by atoms with Crippen molar-refractivity contribution in [3.8, 4) is 27.7 Å². The van der Waals surface area contributed by atoms with Crippen LogP contribution in [-0.4, -0.2) is 20.1 Å². The smallest absolute Gasteiger partial charge is 0.265 e. The number of amides is 1. The first kappa shape index (κ1) is 17.4. The molecule has 3 aromatic rings. The zero-order valence-corrected chi connectivity index (χ0v) is 16.1. The van der Waals surface area contributed by atoms with Crippen LogP contribution in [0.3, 0.4) is 0 Å². The van der Waals surface area contributed by atoms with E-state index in [4.69, 9.17) is 14.2 Å². The Kier molecular flexibility index (Phi) is 4.49. The maximum atomic E-state index is 12.8. The van der Waals surface area contributed by atoms with E-state index in [0.717, 1.165) is 27.3 Å². The van der Waals surface area contributed by atoms with Gasteiger partial charge in [-0.3, -0.25) is 4.79 Å². The van der Waals surface area contributed by atoms with Crippen molar-refractivity contribution in [1.82, 2.24) is 0 Å². The molecular weight excluding hydrogens is 362 g/mol. The lowest BCUT2D eigenvalue weighted by molar-refractivity contribution is 0.103. The van der Waals surface area contributed by atoms with Crippen LogP contribution in [0, 0.1) is 6.92 Å². The van der Waals surface area contributed by atoms with Crippen LogP contribution in [0.5, 0.6) is 17.2 Å². The van der Waals surface area contributed by atoms with Crippen LogP contribution in [0.2, 0.25) is 0 Å². The lowest BCUT2D eigenvalue weighted by Gasteiger charge is -2.16. The minimum absolute atomic E-state index is 0.151. The predicted octanol–water partition coefficient (Wildman–Crippen LogP) is 4.89. The first-order chi connectivity index (χ1) is 13.1. The Bertz CT molecular complexity index is 1030. The summed E-state index contributed by atoms with van der Waals surface area (Å²) >= 11 is 1.48. The first-order valence-electron chi connectivity index (χ1n) is 8.49. The Labute approximate surface area is 161 Å². The van der Waals surface area contributed by atoms with Crippen molar-refractivity contribution < 1.29 is 19.0 Å². The van der Waals surface area contributed by atoms with Crippen LogP contribution < -0.4 is 19.5 Å². The van der Waals surface area contributed by atoms with Gasteiger partial charge in [0.25, 0.3) is 5.91 Å². The summed E-state index contributed by atoms with van der Waals surface area (Å²) in [5, 5.41) is 2.98. The number of thiophene rings is 1.